The molecule has 0 saturated carbocycles. The zero-order chi connectivity index (χ0) is 9.68. The predicted molar refractivity (Wildman–Crippen MR) is 48.5 cm³/mol. The van der Waals surface area contributed by atoms with Gasteiger partial charge >= 0.3 is 0 Å². The van der Waals surface area contributed by atoms with Crippen molar-refractivity contribution in [1.82, 2.24) is 0 Å². The van der Waals surface area contributed by atoms with Crippen LogP contribution in [0.4, 0.5) is 0 Å². The van der Waals surface area contributed by atoms with Crippen molar-refractivity contribution in [3.63, 3.8) is 0 Å². The molecule has 3 nitrogen and oxygen atoms in total. The molecular weight excluding hydrogens is 168 g/mol. The lowest BCUT2D eigenvalue weighted by Gasteiger charge is -2.08. The number of furan rings is 1. The zero-order valence-electron chi connectivity index (χ0n) is 7.95. The van der Waals surface area contributed by atoms with E-state index in [9.17, 15) is 4.79 Å². The van der Waals surface area contributed by atoms with E-state index in [-0.39, 0.29) is 11.9 Å². The Hall–Kier alpha value is -1.09. The zero-order valence-corrected chi connectivity index (χ0v) is 7.95. The minimum Gasteiger partial charge on any atom is -0.469 e. The van der Waals surface area contributed by atoms with E-state index in [2.05, 4.69) is 0 Å². The van der Waals surface area contributed by atoms with Gasteiger partial charge in [0.25, 0.3) is 0 Å². The second-order valence-electron chi connectivity index (χ2n) is 2.82. The van der Waals surface area contributed by atoms with E-state index < -0.39 is 0 Å². The molecular formula is C10H14O3. The van der Waals surface area contributed by atoms with Crippen molar-refractivity contribution < 1.29 is 13.9 Å². The van der Waals surface area contributed by atoms with Gasteiger partial charge < -0.3 is 9.15 Å². The summed E-state index contributed by atoms with van der Waals surface area (Å²) in [6.45, 7) is 4.19. The van der Waals surface area contributed by atoms with Crippen LogP contribution < -0.4 is 0 Å². The molecule has 0 N–H and O–H groups in total. The van der Waals surface area contributed by atoms with Gasteiger partial charge in [0.15, 0.2) is 5.78 Å². The van der Waals surface area contributed by atoms with Gasteiger partial charge in [-0.15, -0.1) is 0 Å². The summed E-state index contributed by atoms with van der Waals surface area (Å²) < 4.78 is 10.2. The van der Waals surface area contributed by atoms with Crippen molar-refractivity contribution in [1.29, 1.82) is 0 Å². The molecule has 0 spiro atoms. The average Bonchev–Trinajstić information content (AvgIpc) is 2.57. The molecule has 1 rings (SSSR count). The maximum absolute atomic E-state index is 11.4. The van der Waals surface area contributed by atoms with Crippen molar-refractivity contribution in [3.8, 4) is 0 Å². The molecule has 1 aromatic heterocycles. The molecule has 1 heterocycles. The molecule has 0 bridgehead atoms. The molecule has 0 aliphatic carbocycles. The third kappa shape index (κ3) is 3.03. The lowest BCUT2D eigenvalue weighted by molar-refractivity contribution is -0.128. The third-order valence-corrected chi connectivity index (χ3v) is 1.80. The SMILES string of the molecule is CCOC(C)C(=O)Cc1ccco1. The summed E-state index contributed by atoms with van der Waals surface area (Å²) in [6, 6.07) is 3.56. The Morgan fingerprint density at radius 1 is 1.69 bits per heavy atom. The topological polar surface area (TPSA) is 39.4 Å². The van der Waals surface area contributed by atoms with Crippen LogP contribution in [0.15, 0.2) is 22.8 Å². The van der Waals surface area contributed by atoms with Crippen molar-refractivity contribution in [2.45, 2.75) is 26.4 Å². The summed E-state index contributed by atoms with van der Waals surface area (Å²) in [5, 5.41) is 0. The van der Waals surface area contributed by atoms with Crippen LogP contribution >= 0.6 is 0 Å². The number of ether oxygens (including phenoxy) is 1. The molecule has 13 heavy (non-hydrogen) atoms. The summed E-state index contributed by atoms with van der Waals surface area (Å²) in [5.74, 6) is 0.744. The van der Waals surface area contributed by atoms with E-state index in [1.165, 1.54) is 0 Å². The highest BCUT2D eigenvalue weighted by atomic mass is 16.5. The van der Waals surface area contributed by atoms with E-state index in [0.29, 0.717) is 18.8 Å². The molecule has 1 unspecified atom stereocenters. The van der Waals surface area contributed by atoms with E-state index in [1.54, 1.807) is 25.3 Å². The maximum Gasteiger partial charge on any atom is 0.168 e. The molecule has 0 aromatic carbocycles. The Bertz CT molecular complexity index is 251. The van der Waals surface area contributed by atoms with Crippen molar-refractivity contribution >= 4 is 5.78 Å². The number of Topliss-reactive ketones (excluding diaryl/α,β-unsaturated/α-hetero) is 1. The van der Waals surface area contributed by atoms with E-state index in [0.717, 1.165) is 0 Å². The standard InChI is InChI=1S/C10H14O3/c1-3-12-8(2)10(11)7-9-5-4-6-13-9/h4-6,8H,3,7H2,1-2H3. The molecule has 0 saturated heterocycles. The number of carbonyl (C=O) groups is 1. The molecule has 1 atom stereocenters. The normalized spacial score (nSPS) is 12.8. The first kappa shape index (κ1) is 9.99. The number of rotatable bonds is 5. The fraction of sp³-hybridized carbons (Fsp3) is 0.500. The first-order chi connectivity index (χ1) is 6.24. The molecule has 72 valence electrons. The van der Waals surface area contributed by atoms with Crippen LogP contribution in [-0.2, 0) is 16.0 Å². The number of ketones is 1. The molecule has 1 aromatic rings. The van der Waals surface area contributed by atoms with Gasteiger partial charge in [-0.25, -0.2) is 0 Å². The van der Waals surface area contributed by atoms with Crippen molar-refractivity contribution in [3.05, 3.63) is 24.2 Å². The van der Waals surface area contributed by atoms with Crippen LogP contribution in [-0.4, -0.2) is 18.5 Å². The van der Waals surface area contributed by atoms with Crippen molar-refractivity contribution in [2.75, 3.05) is 6.61 Å². The van der Waals surface area contributed by atoms with E-state index >= 15 is 0 Å². The van der Waals surface area contributed by atoms with Gasteiger partial charge in [-0.1, -0.05) is 0 Å². The Balaban J connectivity index is 2.41. The van der Waals surface area contributed by atoms with Crippen LogP contribution in [0.2, 0.25) is 0 Å². The maximum atomic E-state index is 11.4. The van der Waals surface area contributed by atoms with E-state index in [1.807, 2.05) is 6.92 Å². The highest BCUT2D eigenvalue weighted by Gasteiger charge is 2.14. The van der Waals surface area contributed by atoms with Crippen LogP contribution in [0.3, 0.4) is 0 Å². The number of hydrogen-bond acceptors (Lipinski definition) is 3. The van der Waals surface area contributed by atoms with Gasteiger partial charge in [0.1, 0.15) is 11.9 Å². The minimum absolute atomic E-state index is 0.0526. The fourth-order valence-electron chi connectivity index (χ4n) is 1.07. The quantitative estimate of drug-likeness (QED) is 0.697. The highest BCUT2D eigenvalue weighted by molar-refractivity contribution is 5.84. The predicted octanol–water partition coefficient (Wildman–Crippen LogP) is 1.82. The van der Waals surface area contributed by atoms with Gasteiger partial charge in [0.05, 0.1) is 12.7 Å². The Morgan fingerprint density at radius 2 is 2.46 bits per heavy atom. The Labute approximate surface area is 77.7 Å². The molecule has 0 aliphatic rings. The summed E-state index contributed by atoms with van der Waals surface area (Å²) >= 11 is 0. The van der Waals surface area contributed by atoms with Crippen LogP contribution in [0.1, 0.15) is 19.6 Å². The van der Waals surface area contributed by atoms with Gasteiger partial charge in [-0.05, 0) is 26.0 Å². The van der Waals surface area contributed by atoms with Gasteiger partial charge in [-0.2, -0.15) is 0 Å². The summed E-state index contributed by atoms with van der Waals surface area (Å²) in [6.07, 6.45) is 1.54. The van der Waals surface area contributed by atoms with Crippen molar-refractivity contribution in [2.24, 2.45) is 0 Å². The third-order valence-electron chi connectivity index (χ3n) is 1.80. The molecule has 0 aliphatic heterocycles. The minimum atomic E-state index is -0.338. The molecule has 0 amide bonds. The molecule has 3 heteroatoms. The molecule has 0 fully saturated rings. The van der Waals surface area contributed by atoms with Gasteiger partial charge in [-0.3, -0.25) is 4.79 Å². The Morgan fingerprint density at radius 3 is 3.00 bits per heavy atom. The van der Waals surface area contributed by atoms with Gasteiger partial charge in [0, 0.05) is 6.61 Å². The fourth-order valence-corrected chi connectivity index (χ4v) is 1.07. The van der Waals surface area contributed by atoms with Gasteiger partial charge in [0.2, 0.25) is 0 Å². The second-order valence-corrected chi connectivity index (χ2v) is 2.82. The number of carbonyl (C=O) groups excluding carboxylic acids is 1. The van der Waals surface area contributed by atoms with E-state index in [4.69, 9.17) is 9.15 Å². The summed E-state index contributed by atoms with van der Waals surface area (Å²) in [5.41, 5.74) is 0. The van der Waals surface area contributed by atoms with Crippen LogP contribution in [0.5, 0.6) is 0 Å². The Kier molecular flexibility index (Phi) is 3.71. The lowest BCUT2D eigenvalue weighted by atomic mass is 10.1. The van der Waals surface area contributed by atoms with Crippen LogP contribution in [0, 0.1) is 0 Å². The first-order valence-corrected chi connectivity index (χ1v) is 4.40. The average molecular weight is 182 g/mol. The first-order valence-electron chi connectivity index (χ1n) is 4.40. The lowest BCUT2D eigenvalue weighted by Crippen LogP contribution is -2.22. The number of hydrogen-bond donors (Lipinski definition) is 0. The van der Waals surface area contributed by atoms with Crippen LogP contribution in [0.25, 0.3) is 0 Å². The second kappa shape index (κ2) is 4.82. The summed E-state index contributed by atoms with van der Waals surface area (Å²) in [7, 11) is 0. The highest BCUT2D eigenvalue weighted by Crippen LogP contribution is 2.04. The monoisotopic (exact) mass is 182 g/mol. The summed E-state index contributed by atoms with van der Waals surface area (Å²) in [4.78, 5) is 11.4. The largest absolute Gasteiger partial charge is 0.469 e. The smallest absolute Gasteiger partial charge is 0.168 e. The molecule has 0 radical (unpaired) electrons.